The lowest BCUT2D eigenvalue weighted by molar-refractivity contribution is 0.668. The molecule has 0 saturated heterocycles. The predicted molar refractivity (Wildman–Crippen MR) is 236 cm³/mol. The van der Waals surface area contributed by atoms with E-state index >= 15 is 0 Å². The number of benzene rings is 9. The third kappa shape index (κ3) is 4.44. The molecule has 0 bridgehead atoms. The summed E-state index contributed by atoms with van der Waals surface area (Å²) < 4.78 is 12.9. The molecule has 5 heteroatoms. The van der Waals surface area contributed by atoms with Gasteiger partial charge >= 0.3 is 0 Å². The summed E-state index contributed by atoms with van der Waals surface area (Å²) in [5.74, 6) is 1.81. The van der Waals surface area contributed by atoms with Gasteiger partial charge in [-0.3, -0.25) is 0 Å². The Morgan fingerprint density at radius 1 is 0.293 bits per heavy atom. The van der Waals surface area contributed by atoms with Gasteiger partial charge in [0.15, 0.2) is 17.5 Å². The van der Waals surface area contributed by atoms with Crippen LogP contribution in [0.1, 0.15) is 0 Å². The molecule has 9 aromatic carbocycles. The first-order valence-corrected chi connectivity index (χ1v) is 19.5. The molecule has 0 spiro atoms. The number of furan rings is 2. The zero-order valence-electron chi connectivity index (χ0n) is 30.9. The Balaban J connectivity index is 1.05. The van der Waals surface area contributed by atoms with Crippen LogP contribution < -0.4 is 0 Å². The SMILES string of the molecule is c1ccc(-c2nc(-c3ccc4c(-c5c6c(cc7oc8ccccc8c57)-c5cccc7cccc-6c57)cccc4c3)nc(-c3cccc4oc5ccccc5c34)n2)cc1. The lowest BCUT2D eigenvalue weighted by atomic mass is 9.87. The largest absolute Gasteiger partial charge is 0.456 e. The molecule has 1 aliphatic rings. The third-order valence-corrected chi connectivity index (χ3v) is 11.9. The van der Waals surface area contributed by atoms with Gasteiger partial charge in [0.1, 0.15) is 22.3 Å². The Morgan fingerprint density at radius 3 is 1.71 bits per heavy atom. The summed E-state index contributed by atoms with van der Waals surface area (Å²) in [4.78, 5) is 15.4. The molecule has 0 saturated carbocycles. The van der Waals surface area contributed by atoms with E-state index in [0.717, 1.165) is 76.9 Å². The fourth-order valence-electron chi connectivity index (χ4n) is 9.37. The highest BCUT2D eigenvalue weighted by Gasteiger charge is 2.29. The van der Waals surface area contributed by atoms with Gasteiger partial charge in [0.2, 0.25) is 0 Å². The van der Waals surface area contributed by atoms with E-state index in [1.807, 2.05) is 66.7 Å². The minimum atomic E-state index is 0.595. The van der Waals surface area contributed by atoms with E-state index in [-0.39, 0.29) is 0 Å². The Hall–Kier alpha value is -7.89. The van der Waals surface area contributed by atoms with Gasteiger partial charge in [-0.1, -0.05) is 146 Å². The van der Waals surface area contributed by atoms with Crippen LogP contribution in [0.4, 0.5) is 0 Å². The minimum absolute atomic E-state index is 0.595. The molecule has 0 fully saturated rings. The first-order valence-electron chi connectivity index (χ1n) is 19.5. The summed E-state index contributed by atoms with van der Waals surface area (Å²) >= 11 is 0. The highest BCUT2D eigenvalue weighted by atomic mass is 16.3. The molecule has 13 rings (SSSR count). The maximum atomic E-state index is 6.64. The van der Waals surface area contributed by atoms with Crippen LogP contribution in [0.15, 0.2) is 185 Å². The summed E-state index contributed by atoms with van der Waals surface area (Å²) in [7, 11) is 0. The molecule has 3 aromatic heterocycles. The zero-order chi connectivity index (χ0) is 37.9. The molecule has 12 aromatic rings. The first kappa shape index (κ1) is 31.3. The van der Waals surface area contributed by atoms with Gasteiger partial charge in [-0.15, -0.1) is 0 Å². The smallest absolute Gasteiger partial charge is 0.164 e. The van der Waals surface area contributed by atoms with E-state index in [1.165, 1.54) is 38.6 Å². The lowest BCUT2D eigenvalue weighted by Gasteiger charge is -2.16. The average Bonchev–Trinajstić information content (AvgIpc) is 3.96. The summed E-state index contributed by atoms with van der Waals surface area (Å²) in [6.45, 7) is 0. The molecule has 1 aliphatic carbocycles. The van der Waals surface area contributed by atoms with Crippen molar-refractivity contribution in [3.8, 4) is 67.5 Å². The standard InChI is InChI=1S/C53H29N3O2/c1-2-12-31(13-3-1)51-54-52(56-53(55-51)40-22-11-25-44-47(40)37-17-4-6-23-42(37)57-44)33-26-27-34-32(28-33)16-10-19-35(34)50-48-39-21-9-15-30-14-8-20-36(46(30)39)41(48)29-45-49(50)38-18-5-7-24-43(38)58-45/h1-29H. The van der Waals surface area contributed by atoms with Crippen LogP contribution in [0.5, 0.6) is 0 Å². The molecule has 0 N–H and O–H groups in total. The van der Waals surface area contributed by atoms with Crippen LogP contribution >= 0.6 is 0 Å². The van der Waals surface area contributed by atoms with Crippen molar-refractivity contribution in [2.24, 2.45) is 0 Å². The number of nitrogens with zero attached hydrogens (tertiary/aromatic N) is 3. The normalized spacial score (nSPS) is 12.1. The summed E-state index contributed by atoms with van der Waals surface area (Å²) in [5, 5.41) is 9.02. The topological polar surface area (TPSA) is 65.0 Å². The fourth-order valence-corrected chi connectivity index (χ4v) is 9.37. The van der Waals surface area contributed by atoms with Crippen molar-refractivity contribution < 1.29 is 8.83 Å². The van der Waals surface area contributed by atoms with Gasteiger partial charge in [0.05, 0.1) is 0 Å². The number of aromatic nitrogens is 3. The summed E-state index contributed by atoms with van der Waals surface area (Å²) in [5.41, 5.74) is 13.4. The van der Waals surface area contributed by atoms with Gasteiger partial charge in [-0.2, -0.15) is 0 Å². The van der Waals surface area contributed by atoms with Crippen LogP contribution in [-0.4, -0.2) is 15.0 Å². The van der Waals surface area contributed by atoms with E-state index in [1.54, 1.807) is 0 Å². The van der Waals surface area contributed by atoms with E-state index < -0.39 is 0 Å². The van der Waals surface area contributed by atoms with Gasteiger partial charge in [-0.25, -0.2) is 15.0 Å². The second kappa shape index (κ2) is 11.8. The number of hydrogen-bond acceptors (Lipinski definition) is 5. The maximum Gasteiger partial charge on any atom is 0.164 e. The van der Waals surface area contributed by atoms with Gasteiger partial charge in [-0.05, 0) is 79.7 Å². The zero-order valence-corrected chi connectivity index (χ0v) is 30.9. The van der Waals surface area contributed by atoms with Crippen molar-refractivity contribution in [3.63, 3.8) is 0 Å². The molecule has 5 nitrogen and oxygen atoms in total. The molecule has 58 heavy (non-hydrogen) atoms. The molecule has 0 radical (unpaired) electrons. The predicted octanol–water partition coefficient (Wildman–Crippen LogP) is 14.3. The second-order valence-electron chi connectivity index (χ2n) is 15.0. The van der Waals surface area contributed by atoms with E-state index in [0.29, 0.717) is 17.5 Å². The second-order valence-corrected chi connectivity index (χ2v) is 15.0. The molecule has 0 unspecified atom stereocenters. The molecule has 0 amide bonds. The van der Waals surface area contributed by atoms with Crippen LogP contribution in [0.2, 0.25) is 0 Å². The van der Waals surface area contributed by atoms with Crippen molar-refractivity contribution in [2.75, 3.05) is 0 Å². The summed E-state index contributed by atoms with van der Waals surface area (Å²) in [6.07, 6.45) is 0. The molecule has 3 heterocycles. The van der Waals surface area contributed by atoms with Crippen molar-refractivity contribution in [1.82, 2.24) is 15.0 Å². The van der Waals surface area contributed by atoms with Crippen molar-refractivity contribution in [2.45, 2.75) is 0 Å². The Morgan fingerprint density at radius 2 is 0.897 bits per heavy atom. The molecule has 268 valence electrons. The van der Waals surface area contributed by atoms with Crippen LogP contribution in [-0.2, 0) is 0 Å². The van der Waals surface area contributed by atoms with Gasteiger partial charge in [0, 0.05) is 43.8 Å². The van der Waals surface area contributed by atoms with Crippen LogP contribution in [0.3, 0.4) is 0 Å². The highest BCUT2D eigenvalue weighted by Crippen LogP contribution is 2.55. The van der Waals surface area contributed by atoms with Crippen molar-refractivity contribution >= 4 is 65.4 Å². The molecule has 0 atom stereocenters. The third-order valence-electron chi connectivity index (χ3n) is 11.9. The number of rotatable bonds is 4. The number of fused-ring (bicyclic) bond motifs is 10. The Bertz CT molecular complexity index is 3690. The molecular formula is C53H29N3O2. The highest BCUT2D eigenvalue weighted by molar-refractivity contribution is 6.27. The van der Waals surface area contributed by atoms with E-state index in [4.69, 9.17) is 23.8 Å². The monoisotopic (exact) mass is 739 g/mol. The van der Waals surface area contributed by atoms with Crippen LogP contribution in [0, 0.1) is 0 Å². The fraction of sp³-hybridized carbons (Fsp3) is 0. The maximum absolute atomic E-state index is 6.64. The quantitative estimate of drug-likeness (QED) is 0.180. The molecular weight excluding hydrogens is 711 g/mol. The minimum Gasteiger partial charge on any atom is -0.456 e. The Kier molecular flexibility index (Phi) is 6.38. The van der Waals surface area contributed by atoms with Crippen molar-refractivity contribution in [3.05, 3.63) is 176 Å². The van der Waals surface area contributed by atoms with E-state index in [9.17, 15) is 0 Å². The average molecular weight is 740 g/mol. The van der Waals surface area contributed by atoms with Gasteiger partial charge in [0.25, 0.3) is 0 Å². The lowest BCUT2D eigenvalue weighted by Crippen LogP contribution is -2.00. The number of hydrogen-bond donors (Lipinski definition) is 0. The van der Waals surface area contributed by atoms with Gasteiger partial charge < -0.3 is 8.83 Å². The Labute approximate surface area is 331 Å². The number of para-hydroxylation sites is 2. The van der Waals surface area contributed by atoms with E-state index in [2.05, 4.69) is 109 Å². The van der Waals surface area contributed by atoms with Crippen molar-refractivity contribution in [1.29, 1.82) is 0 Å². The van der Waals surface area contributed by atoms with Crippen LogP contribution in [0.25, 0.3) is 133 Å². The first-order chi connectivity index (χ1) is 28.7. The summed E-state index contributed by atoms with van der Waals surface area (Å²) in [6, 6.07) is 61.4. The molecule has 0 aliphatic heterocycles.